The third-order valence-electron chi connectivity index (χ3n) is 3.74. The zero-order chi connectivity index (χ0) is 16.9. The summed E-state index contributed by atoms with van der Waals surface area (Å²) in [6.07, 6.45) is 8.35. The average molecular weight is 353 g/mol. The molecule has 0 radical (unpaired) electrons. The van der Waals surface area contributed by atoms with Gasteiger partial charge >= 0.3 is 17.6 Å². The van der Waals surface area contributed by atoms with Crippen LogP contribution in [0.2, 0.25) is 12.1 Å². The summed E-state index contributed by atoms with van der Waals surface area (Å²) < 4.78 is 32.3. The van der Waals surface area contributed by atoms with Crippen LogP contribution < -0.4 is 0 Å². The molecule has 0 aromatic heterocycles. The largest absolute Gasteiger partial charge is 0.500 e. The van der Waals surface area contributed by atoms with Gasteiger partial charge in [0, 0.05) is 54.7 Å². The second kappa shape index (κ2) is 12.4. The number of hydrogen-bond acceptors (Lipinski definition) is 6. The summed E-state index contributed by atoms with van der Waals surface area (Å²) in [4.78, 5) is 0. The van der Waals surface area contributed by atoms with Gasteiger partial charge in [0.2, 0.25) is 0 Å². The first-order chi connectivity index (χ1) is 10.6. The van der Waals surface area contributed by atoms with Crippen LogP contribution in [0.15, 0.2) is 12.2 Å². The predicted octanol–water partition coefficient (Wildman–Crippen LogP) is 2.86. The van der Waals surface area contributed by atoms with Crippen LogP contribution in [0, 0.1) is 0 Å². The normalized spacial score (nSPS) is 13.2. The second-order valence-electron chi connectivity index (χ2n) is 4.85. The maximum Gasteiger partial charge on any atom is 0.500 e. The highest BCUT2D eigenvalue weighted by atomic mass is 28.4. The van der Waals surface area contributed by atoms with Crippen LogP contribution in [-0.2, 0) is 26.6 Å². The van der Waals surface area contributed by atoms with Crippen molar-refractivity contribution in [2.75, 3.05) is 42.7 Å². The lowest BCUT2D eigenvalue weighted by Crippen LogP contribution is -2.42. The molecule has 0 aliphatic carbocycles. The third kappa shape index (κ3) is 7.47. The highest BCUT2D eigenvalue weighted by Crippen LogP contribution is 2.18. The fourth-order valence-corrected chi connectivity index (χ4v) is 5.72. The molecule has 132 valence electrons. The Morgan fingerprint density at radius 2 is 0.818 bits per heavy atom. The minimum Gasteiger partial charge on any atom is -0.377 e. The van der Waals surface area contributed by atoms with Crippen LogP contribution in [0.1, 0.15) is 25.7 Å². The van der Waals surface area contributed by atoms with Gasteiger partial charge in [-0.2, -0.15) is 0 Å². The van der Waals surface area contributed by atoms with E-state index >= 15 is 0 Å². The Bertz CT molecular complexity index is 249. The molecule has 0 N–H and O–H groups in total. The molecule has 0 aliphatic rings. The maximum atomic E-state index is 5.39. The van der Waals surface area contributed by atoms with Gasteiger partial charge in [0.25, 0.3) is 0 Å². The third-order valence-corrected chi connectivity index (χ3v) is 9.40. The van der Waals surface area contributed by atoms with Gasteiger partial charge in [-0.15, -0.1) is 0 Å². The van der Waals surface area contributed by atoms with E-state index in [1.54, 1.807) is 42.7 Å². The van der Waals surface area contributed by atoms with Gasteiger partial charge in [0.15, 0.2) is 0 Å². The summed E-state index contributed by atoms with van der Waals surface area (Å²) in [6, 6.07) is 1.65. The molecular formula is C14H32O6Si2. The van der Waals surface area contributed by atoms with E-state index in [0.29, 0.717) is 0 Å². The number of unbranched alkanes of at least 4 members (excludes halogenated alkanes) is 2. The SMILES string of the molecule is CO[Si](CCCC=CCCC[Si](OC)(OC)OC)(OC)OC. The molecule has 0 unspecified atom stereocenters. The number of hydrogen-bond donors (Lipinski definition) is 0. The molecule has 0 bridgehead atoms. The molecule has 0 rings (SSSR count). The Morgan fingerprint density at radius 1 is 0.545 bits per heavy atom. The van der Waals surface area contributed by atoms with E-state index in [0.717, 1.165) is 37.8 Å². The molecule has 22 heavy (non-hydrogen) atoms. The predicted molar refractivity (Wildman–Crippen MR) is 90.8 cm³/mol. The van der Waals surface area contributed by atoms with Gasteiger partial charge in [-0.1, -0.05) is 12.2 Å². The molecular weight excluding hydrogens is 320 g/mol. The molecule has 0 saturated carbocycles. The van der Waals surface area contributed by atoms with Crippen molar-refractivity contribution in [3.05, 3.63) is 12.2 Å². The van der Waals surface area contributed by atoms with E-state index in [1.807, 2.05) is 0 Å². The van der Waals surface area contributed by atoms with Crippen molar-refractivity contribution in [1.82, 2.24) is 0 Å². The molecule has 0 aromatic carbocycles. The van der Waals surface area contributed by atoms with Crippen LogP contribution in [0.3, 0.4) is 0 Å². The first-order valence-corrected chi connectivity index (χ1v) is 11.4. The summed E-state index contributed by atoms with van der Waals surface area (Å²) in [5.41, 5.74) is 0. The van der Waals surface area contributed by atoms with Gasteiger partial charge in [-0.05, 0) is 25.7 Å². The van der Waals surface area contributed by atoms with Crippen molar-refractivity contribution in [2.45, 2.75) is 37.8 Å². The summed E-state index contributed by atoms with van der Waals surface area (Å²) in [5.74, 6) is 0. The minimum absolute atomic E-state index is 0.827. The quantitative estimate of drug-likeness (QED) is 0.272. The molecule has 0 fully saturated rings. The molecule has 8 heteroatoms. The second-order valence-corrected chi connectivity index (χ2v) is 11.0. The van der Waals surface area contributed by atoms with Crippen LogP contribution in [0.5, 0.6) is 0 Å². The van der Waals surface area contributed by atoms with E-state index in [1.165, 1.54) is 0 Å². The summed E-state index contributed by atoms with van der Waals surface area (Å²) >= 11 is 0. The molecule has 0 spiro atoms. The zero-order valence-corrected chi connectivity index (χ0v) is 16.8. The van der Waals surface area contributed by atoms with E-state index < -0.39 is 17.6 Å². The molecule has 0 amide bonds. The Labute approximate surface area is 137 Å². The molecule has 0 atom stereocenters. The molecule has 6 nitrogen and oxygen atoms in total. The molecule has 0 aliphatic heterocycles. The topological polar surface area (TPSA) is 55.4 Å². The van der Waals surface area contributed by atoms with Crippen molar-refractivity contribution in [3.63, 3.8) is 0 Å². The average Bonchev–Trinajstić information content (AvgIpc) is 2.58. The number of allylic oxidation sites excluding steroid dienone is 2. The fourth-order valence-electron chi connectivity index (χ4n) is 2.22. The lowest BCUT2D eigenvalue weighted by molar-refractivity contribution is 0.122. The standard InChI is InChI=1S/C14H32O6Si2/c1-15-21(16-2,17-3)13-11-9-7-8-10-12-14-22(18-4,19-5)20-6/h7-8H,9-14H2,1-6H3. The van der Waals surface area contributed by atoms with Gasteiger partial charge in [-0.25, -0.2) is 0 Å². The van der Waals surface area contributed by atoms with Gasteiger partial charge in [0.1, 0.15) is 0 Å². The highest BCUT2D eigenvalue weighted by Gasteiger charge is 2.37. The first kappa shape index (κ1) is 21.9. The van der Waals surface area contributed by atoms with Crippen LogP contribution in [0.4, 0.5) is 0 Å². The van der Waals surface area contributed by atoms with Crippen molar-refractivity contribution in [3.8, 4) is 0 Å². The van der Waals surface area contributed by atoms with Crippen LogP contribution in [-0.4, -0.2) is 60.3 Å². The molecule has 0 heterocycles. The summed E-state index contributed by atoms with van der Waals surface area (Å²) in [7, 11) is 5.05. The molecule has 0 aromatic rings. The molecule has 0 saturated heterocycles. The summed E-state index contributed by atoms with van der Waals surface area (Å²) in [6.45, 7) is 0. The van der Waals surface area contributed by atoms with E-state index in [2.05, 4.69) is 12.2 Å². The first-order valence-electron chi connectivity index (χ1n) is 7.53. The lowest BCUT2D eigenvalue weighted by atomic mass is 10.2. The zero-order valence-electron chi connectivity index (χ0n) is 14.8. The Hall–Kier alpha value is -0.0662. The Morgan fingerprint density at radius 3 is 1.05 bits per heavy atom. The van der Waals surface area contributed by atoms with Crippen molar-refractivity contribution in [1.29, 1.82) is 0 Å². The van der Waals surface area contributed by atoms with Crippen molar-refractivity contribution < 1.29 is 26.6 Å². The smallest absolute Gasteiger partial charge is 0.377 e. The maximum absolute atomic E-state index is 5.39. The Kier molecular flexibility index (Phi) is 12.3. The Balaban J connectivity index is 3.89. The van der Waals surface area contributed by atoms with E-state index in [9.17, 15) is 0 Å². The number of rotatable bonds is 14. The van der Waals surface area contributed by atoms with E-state index in [-0.39, 0.29) is 0 Å². The fraction of sp³-hybridized carbons (Fsp3) is 0.857. The monoisotopic (exact) mass is 352 g/mol. The minimum atomic E-state index is -2.41. The van der Waals surface area contributed by atoms with E-state index in [4.69, 9.17) is 26.6 Å². The van der Waals surface area contributed by atoms with Gasteiger partial charge < -0.3 is 26.6 Å². The van der Waals surface area contributed by atoms with Crippen LogP contribution >= 0.6 is 0 Å². The van der Waals surface area contributed by atoms with Gasteiger partial charge in [0.05, 0.1) is 0 Å². The van der Waals surface area contributed by atoms with Crippen molar-refractivity contribution >= 4 is 17.6 Å². The lowest BCUT2D eigenvalue weighted by Gasteiger charge is -2.24. The highest BCUT2D eigenvalue weighted by molar-refractivity contribution is 6.60. The van der Waals surface area contributed by atoms with Crippen LogP contribution in [0.25, 0.3) is 0 Å². The van der Waals surface area contributed by atoms with Gasteiger partial charge in [-0.3, -0.25) is 0 Å². The van der Waals surface area contributed by atoms with Crippen molar-refractivity contribution in [2.24, 2.45) is 0 Å². The summed E-state index contributed by atoms with van der Waals surface area (Å²) in [5, 5.41) is 0.